The van der Waals surface area contributed by atoms with Crippen LogP contribution < -0.4 is 11.1 Å². The molecule has 4 heteroatoms. The van der Waals surface area contributed by atoms with E-state index in [1.807, 2.05) is 6.92 Å². The number of rotatable bonds is 5. The van der Waals surface area contributed by atoms with E-state index in [2.05, 4.69) is 5.32 Å². The molecular weight excluding hydrogens is 216 g/mol. The van der Waals surface area contributed by atoms with Crippen LogP contribution in [0.1, 0.15) is 37.0 Å². The van der Waals surface area contributed by atoms with Gasteiger partial charge in [-0.15, -0.1) is 0 Å². The number of nitrogens with two attached hydrogens (primary N) is 1. The minimum atomic E-state index is -0.856. The van der Waals surface area contributed by atoms with Gasteiger partial charge in [0.15, 0.2) is 0 Å². The average molecular weight is 236 g/mol. The summed E-state index contributed by atoms with van der Waals surface area (Å²) in [5.74, 6) is -0.214. The molecule has 0 aromatic heterocycles. The van der Waals surface area contributed by atoms with E-state index in [0.717, 1.165) is 6.42 Å². The Bertz CT molecular complexity index is 389. The van der Waals surface area contributed by atoms with E-state index in [1.165, 1.54) is 0 Å². The highest BCUT2D eigenvalue weighted by Gasteiger charge is 2.20. The Morgan fingerprint density at radius 3 is 2.82 bits per heavy atom. The number of nitrogens with one attached hydrogen (secondary N) is 1. The monoisotopic (exact) mass is 236 g/mol. The first kappa shape index (κ1) is 13.5. The van der Waals surface area contributed by atoms with E-state index in [1.54, 1.807) is 31.2 Å². The number of aliphatic hydroxyl groups is 1. The number of amides is 1. The molecule has 1 aromatic carbocycles. The zero-order valence-electron chi connectivity index (χ0n) is 10.4. The smallest absolute Gasteiger partial charge is 0.251 e. The SMILES string of the molecule is CCCC(C)(O)CNC(=O)c1cccc(N)c1. The molecule has 4 nitrogen and oxygen atoms in total. The maximum atomic E-state index is 11.8. The Balaban J connectivity index is 2.56. The summed E-state index contributed by atoms with van der Waals surface area (Å²) < 4.78 is 0. The molecule has 0 saturated carbocycles. The lowest BCUT2D eigenvalue weighted by atomic mass is 10.0. The fraction of sp³-hybridized carbons (Fsp3) is 0.462. The third-order valence-corrected chi connectivity index (χ3v) is 2.57. The van der Waals surface area contributed by atoms with E-state index in [4.69, 9.17) is 5.73 Å². The molecule has 17 heavy (non-hydrogen) atoms. The fourth-order valence-electron chi connectivity index (χ4n) is 1.68. The quantitative estimate of drug-likeness (QED) is 0.679. The molecule has 0 aliphatic heterocycles. The summed E-state index contributed by atoms with van der Waals surface area (Å²) in [6.07, 6.45) is 1.53. The van der Waals surface area contributed by atoms with Crippen LogP contribution in [-0.4, -0.2) is 23.2 Å². The molecule has 1 rings (SSSR count). The van der Waals surface area contributed by atoms with Gasteiger partial charge in [-0.3, -0.25) is 4.79 Å². The van der Waals surface area contributed by atoms with Crippen molar-refractivity contribution in [2.24, 2.45) is 0 Å². The van der Waals surface area contributed by atoms with Crippen molar-refractivity contribution in [2.75, 3.05) is 12.3 Å². The van der Waals surface area contributed by atoms with E-state index >= 15 is 0 Å². The van der Waals surface area contributed by atoms with Crippen molar-refractivity contribution < 1.29 is 9.90 Å². The molecule has 1 aromatic rings. The van der Waals surface area contributed by atoms with Gasteiger partial charge in [-0.1, -0.05) is 19.4 Å². The third-order valence-electron chi connectivity index (χ3n) is 2.57. The van der Waals surface area contributed by atoms with Crippen molar-refractivity contribution in [3.63, 3.8) is 0 Å². The molecule has 0 fully saturated rings. The molecule has 1 atom stereocenters. The van der Waals surface area contributed by atoms with Gasteiger partial charge in [0.2, 0.25) is 0 Å². The highest BCUT2D eigenvalue weighted by molar-refractivity contribution is 5.95. The van der Waals surface area contributed by atoms with E-state index in [-0.39, 0.29) is 12.5 Å². The minimum Gasteiger partial charge on any atom is -0.399 e. The minimum absolute atomic E-state index is 0.214. The molecule has 94 valence electrons. The largest absolute Gasteiger partial charge is 0.399 e. The Hall–Kier alpha value is -1.55. The molecule has 4 N–H and O–H groups in total. The average Bonchev–Trinajstić information content (AvgIpc) is 2.26. The summed E-state index contributed by atoms with van der Waals surface area (Å²) >= 11 is 0. The zero-order valence-corrected chi connectivity index (χ0v) is 10.4. The summed E-state index contributed by atoms with van der Waals surface area (Å²) in [6.45, 7) is 3.96. The highest BCUT2D eigenvalue weighted by atomic mass is 16.3. The second kappa shape index (κ2) is 5.68. The van der Waals surface area contributed by atoms with Crippen LogP contribution in [0.4, 0.5) is 5.69 Å². The van der Waals surface area contributed by atoms with Gasteiger partial charge in [0.05, 0.1) is 5.60 Å². The number of nitrogen functional groups attached to an aromatic ring is 1. The van der Waals surface area contributed by atoms with Gasteiger partial charge in [0.1, 0.15) is 0 Å². The molecule has 0 heterocycles. The number of anilines is 1. The number of hydrogen-bond acceptors (Lipinski definition) is 3. The Morgan fingerprint density at radius 2 is 2.24 bits per heavy atom. The number of benzene rings is 1. The standard InChI is InChI=1S/C13H20N2O2/c1-3-7-13(2,17)9-15-12(16)10-5-4-6-11(14)8-10/h4-6,8,17H,3,7,9,14H2,1-2H3,(H,15,16). The van der Waals surface area contributed by atoms with Crippen LogP contribution in [0.25, 0.3) is 0 Å². The highest BCUT2D eigenvalue weighted by Crippen LogP contribution is 2.11. The van der Waals surface area contributed by atoms with Crippen molar-refractivity contribution in [2.45, 2.75) is 32.3 Å². The van der Waals surface area contributed by atoms with Gasteiger partial charge < -0.3 is 16.2 Å². The van der Waals surface area contributed by atoms with Gasteiger partial charge in [0, 0.05) is 17.8 Å². The van der Waals surface area contributed by atoms with Crippen LogP contribution in [0.5, 0.6) is 0 Å². The van der Waals surface area contributed by atoms with Crippen molar-refractivity contribution in [3.05, 3.63) is 29.8 Å². The summed E-state index contributed by atoms with van der Waals surface area (Å²) in [4.78, 5) is 11.8. The maximum Gasteiger partial charge on any atom is 0.251 e. The van der Waals surface area contributed by atoms with Crippen LogP contribution in [0.2, 0.25) is 0 Å². The van der Waals surface area contributed by atoms with E-state index in [0.29, 0.717) is 17.7 Å². The first-order valence-corrected chi connectivity index (χ1v) is 5.81. The van der Waals surface area contributed by atoms with Crippen LogP contribution >= 0.6 is 0 Å². The third kappa shape index (κ3) is 4.44. The van der Waals surface area contributed by atoms with Gasteiger partial charge in [-0.2, -0.15) is 0 Å². The molecular formula is C13H20N2O2. The Morgan fingerprint density at radius 1 is 1.53 bits per heavy atom. The number of hydrogen-bond donors (Lipinski definition) is 3. The fourth-order valence-corrected chi connectivity index (χ4v) is 1.68. The lowest BCUT2D eigenvalue weighted by molar-refractivity contribution is 0.0469. The van der Waals surface area contributed by atoms with Gasteiger partial charge in [0.25, 0.3) is 5.91 Å². The van der Waals surface area contributed by atoms with Crippen molar-refractivity contribution in [1.82, 2.24) is 5.32 Å². The van der Waals surface area contributed by atoms with Crippen LogP contribution in [-0.2, 0) is 0 Å². The molecule has 1 amide bonds. The predicted octanol–water partition coefficient (Wildman–Crippen LogP) is 1.55. The predicted molar refractivity (Wildman–Crippen MR) is 68.7 cm³/mol. The van der Waals surface area contributed by atoms with Crippen LogP contribution in [0.15, 0.2) is 24.3 Å². The summed E-state index contributed by atoms with van der Waals surface area (Å²) in [7, 11) is 0. The lowest BCUT2D eigenvalue weighted by Gasteiger charge is -2.22. The van der Waals surface area contributed by atoms with Crippen LogP contribution in [0, 0.1) is 0 Å². The summed E-state index contributed by atoms with van der Waals surface area (Å²) in [5, 5.41) is 12.6. The van der Waals surface area contributed by atoms with E-state index in [9.17, 15) is 9.90 Å². The Labute approximate surface area is 102 Å². The molecule has 0 saturated heterocycles. The summed E-state index contributed by atoms with van der Waals surface area (Å²) in [6, 6.07) is 6.77. The molecule has 1 unspecified atom stereocenters. The molecule has 0 bridgehead atoms. The lowest BCUT2D eigenvalue weighted by Crippen LogP contribution is -2.40. The van der Waals surface area contributed by atoms with Crippen molar-refractivity contribution in [3.8, 4) is 0 Å². The number of carbonyl (C=O) groups excluding carboxylic acids is 1. The zero-order chi connectivity index (χ0) is 12.9. The first-order chi connectivity index (χ1) is 7.94. The second-order valence-electron chi connectivity index (χ2n) is 4.56. The van der Waals surface area contributed by atoms with Crippen LogP contribution in [0.3, 0.4) is 0 Å². The first-order valence-electron chi connectivity index (χ1n) is 5.81. The number of carbonyl (C=O) groups is 1. The molecule has 0 aliphatic rings. The van der Waals surface area contributed by atoms with Crippen molar-refractivity contribution in [1.29, 1.82) is 0 Å². The normalized spacial score (nSPS) is 14.1. The van der Waals surface area contributed by atoms with E-state index < -0.39 is 5.60 Å². The van der Waals surface area contributed by atoms with Gasteiger partial charge in [-0.25, -0.2) is 0 Å². The van der Waals surface area contributed by atoms with Crippen molar-refractivity contribution >= 4 is 11.6 Å². The second-order valence-corrected chi connectivity index (χ2v) is 4.56. The summed E-state index contributed by atoms with van der Waals surface area (Å²) in [5.41, 5.74) is 5.81. The molecule has 0 spiro atoms. The topological polar surface area (TPSA) is 75.3 Å². The Kier molecular flexibility index (Phi) is 4.52. The van der Waals surface area contributed by atoms with Gasteiger partial charge >= 0.3 is 0 Å². The molecule has 0 aliphatic carbocycles. The maximum absolute atomic E-state index is 11.8. The molecule has 0 radical (unpaired) electrons. The van der Waals surface area contributed by atoms with Gasteiger partial charge in [-0.05, 0) is 31.5 Å².